The fraction of sp³-hybridized carbons (Fsp3) is 0.600. The van der Waals surface area contributed by atoms with Crippen molar-refractivity contribution < 1.29 is 13.2 Å². The number of rotatable bonds is 3. The Balaban J connectivity index is 4.36. The molecule has 0 radical (unpaired) electrons. The van der Waals surface area contributed by atoms with Gasteiger partial charge in [-0.2, -0.15) is 8.42 Å². The maximum Gasteiger partial charge on any atom is 0.220 e. The summed E-state index contributed by atoms with van der Waals surface area (Å²) >= 11 is 0. The summed E-state index contributed by atoms with van der Waals surface area (Å²) in [5.74, 6) is 0. The molecule has 0 spiro atoms. The van der Waals surface area contributed by atoms with Crippen molar-refractivity contribution in [1.29, 1.82) is 0 Å². The molecule has 0 amide bonds. The summed E-state index contributed by atoms with van der Waals surface area (Å²) in [4.78, 5) is 9.86. The highest BCUT2D eigenvalue weighted by atomic mass is 32.2. The molecule has 0 aliphatic heterocycles. The molecule has 0 unspecified atom stereocenters. The van der Waals surface area contributed by atoms with Gasteiger partial charge in [0.25, 0.3) is 0 Å². The molecule has 0 bridgehead atoms. The second-order valence-corrected chi connectivity index (χ2v) is 2.56. The molecule has 3 nitrogen and oxygen atoms in total. The molecule has 0 aliphatic carbocycles. The highest BCUT2D eigenvalue weighted by molar-refractivity contribution is 7.74. The van der Waals surface area contributed by atoms with Gasteiger partial charge in [0.2, 0.25) is 10.3 Å². The number of carbonyl (C=O) groups is 1. The van der Waals surface area contributed by atoms with Gasteiger partial charge in [0, 0.05) is 0 Å². The van der Waals surface area contributed by atoms with Crippen LogP contribution in [0, 0.1) is 0 Å². The molecule has 52 valence electrons. The maximum absolute atomic E-state index is 10.1. The Bertz CT molecular complexity index is 204. The second kappa shape index (κ2) is 4.26. The van der Waals surface area contributed by atoms with Crippen LogP contribution in [0.1, 0.15) is 19.8 Å². The molecular weight excluding hydrogens is 140 g/mol. The van der Waals surface area contributed by atoms with Gasteiger partial charge in [-0.3, -0.25) is 4.79 Å². The van der Waals surface area contributed by atoms with E-state index >= 15 is 0 Å². The van der Waals surface area contributed by atoms with Crippen molar-refractivity contribution in [2.45, 2.75) is 19.8 Å². The van der Waals surface area contributed by atoms with Crippen LogP contribution in [-0.2, 0) is 15.1 Å². The molecule has 0 aromatic heterocycles. The van der Waals surface area contributed by atoms with Crippen LogP contribution in [0.5, 0.6) is 0 Å². The molecule has 0 atom stereocenters. The van der Waals surface area contributed by atoms with Gasteiger partial charge in [-0.1, -0.05) is 13.3 Å². The summed E-state index contributed by atoms with van der Waals surface area (Å²) in [5.41, 5.74) is 0. The molecule has 4 heteroatoms. The average molecular weight is 148 g/mol. The van der Waals surface area contributed by atoms with Crippen LogP contribution in [0.4, 0.5) is 0 Å². The lowest BCUT2D eigenvalue weighted by Crippen LogP contribution is -1.99. The van der Waals surface area contributed by atoms with E-state index in [0.29, 0.717) is 19.1 Å². The first kappa shape index (κ1) is 8.36. The van der Waals surface area contributed by atoms with E-state index in [4.69, 9.17) is 0 Å². The molecule has 0 aromatic rings. The fourth-order valence-corrected chi connectivity index (χ4v) is 0.877. The molecular formula is C5H8O3S. The monoisotopic (exact) mass is 148 g/mol. The minimum Gasteiger partial charge on any atom is -0.297 e. The Hall–Kier alpha value is -0.640. The smallest absolute Gasteiger partial charge is 0.220 e. The minimum atomic E-state index is -2.30. The molecule has 0 heterocycles. The largest absolute Gasteiger partial charge is 0.297 e. The average Bonchev–Trinajstić information content (AvgIpc) is 1.82. The zero-order chi connectivity index (χ0) is 7.28. The second-order valence-electron chi connectivity index (χ2n) is 1.57. The van der Waals surface area contributed by atoms with Crippen molar-refractivity contribution in [1.82, 2.24) is 0 Å². The lowest BCUT2D eigenvalue weighted by molar-refractivity contribution is -0.102. The van der Waals surface area contributed by atoms with E-state index in [0.717, 1.165) is 0 Å². The summed E-state index contributed by atoms with van der Waals surface area (Å²) in [6, 6.07) is 0. The highest BCUT2D eigenvalue weighted by Crippen LogP contribution is 1.85. The fourth-order valence-electron chi connectivity index (χ4n) is 0.428. The van der Waals surface area contributed by atoms with E-state index < -0.39 is 10.3 Å². The predicted octanol–water partition coefficient (Wildman–Crippen LogP) is 0.0369. The zero-order valence-corrected chi connectivity index (χ0v) is 5.94. The summed E-state index contributed by atoms with van der Waals surface area (Å²) in [7, 11) is -2.30. The first-order valence-electron chi connectivity index (χ1n) is 2.62. The molecule has 0 aliphatic rings. The maximum atomic E-state index is 10.1. The van der Waals surface area contributed by atoms with Crippen molar-refractivity contribution in [3.63, 3.8) is 0 Å². The Kier molecular flexibility index (Phi) is 3.96. The number of hydrogen-bond acceptors (Lipinski definition) is 3. The van der Waals surface area contributed by atoms with Crippen LogP contribution in [0.15, 0.2) is 0 Å². The van der Waals surface area contributed by atoms with Gasteiger partial charge in [0.1, 0.15) is 4.86 Å². The van der Waals surface area contributed by atoms with Gasteiger partial charge >= 0.3 is 0 Å². The summed E-state index contributed by atoms with van der Waals surface area (Å²) in [5, 5.41) is 0. The number of aldehydes is 1. The quantitative estimate of drug-likeness (QED) is 0.419. The van der Waals surface area contributed by atoms with Crippen molar-refractivity contribution in [2.75, 3.05) is 0 Å². The van der Waals surface area contributed by atoms with E-state index in [2.05, 4.69) is 0 Å². The third kappa shape index (κ3) is 3.03. The van der Waals surface area contributed by atoms with Gasteiger partial charge in [-0.15, -0.1) is 0 Å². The van der Waals surface area contributed by atoms with Crippen molar-refractivity contribution in [2.24, 2.45) is 0 Å². The van der Waals surface area contributed by atoms with Crippen LogP contribution in [0.2, 0.25) is 0 Å². The van der Waals surface area contributed by atoms with E-state index in [-0.39, 0.29) is 4.86 Å². The lowest BCUT2D eigenvalue weighted by atomic mass is 10.3. The third-order valence-electron chi connectivity index (χ3n) is 0.842. The molecule has 0 aromatic carbocycles. The van der Waals surface area contributed by atoms with Gasteiger partial charge in [0.15, 0.2) is 6.29 Å². The molecule has 9 heavy (non-hydrogen) atoms. The molecule has 0 saturated carbocycles. The Morgan fingerprint density at radius 1 is 1.56 bits per heavy atom. The first-order valence-corrected chi connectivity index (χ1v) is 3.70. The van der Waals surface area contributed by atoms with Crippen LogP contribution in [-0.4, -0.2) is 19.6 Å². The topological polar surface area (TPSA) is 51.2 Å². The Morgan fingerprint density at radius 2 is 2.11 bits per heavy atom. The predicted molar refractivity (Wildman–Crippen MR) is 34.9 cm³/mol. The molecule has 0 fully saturated rings. The molecule has 0 rings (SSSR count). The minimum absolute atomic E-state index is 0.0440. The third-order valence-corrected chi connectivity index (χ3v) is 1.57. The summed E-state index contributed by atoms with van der Waals surface area (Å²) in [6.45, 7) is 1.82. The van der Waals surface area contributed by atoms with Crippen LogP contribution < -0.4 is 0 Å². The van der Waals surface area contributed by atoms with Gasteiger partial charge in [-0.05, 0) is 6.42 Å². The van der Waals surface area contributed by atoms with Crippen molar-refractivity contribution in [3.05, 3.63) is 0 Å². The zero-order valence-electron chi connectivity index (χ0n) is 5.12. The lowest BCUT2D eigenvalue weighted by Gasteiger charge is -1.83. The standard InChI is InChI=1S/C5H8O3S/c1-2-3-5(4-6)9(7)8/h4H,2-3H2,1H3. The summed E-state index contributed by atoms with van der Waals surface area (Å²) in [6.07, 6.45) is 1.41. The molecule has 0 saturated heterocycles. The summed E-state index contributed by atoms with van der Waals surface area (Å²) < 4.78 is 20.1. The normalized spacial score (nSPS) is 8.56. The van der Waals surface area contributed by atoms with E-state index in [1.54, 1.807) is 0 Å². The highest BCUT2D eigenvalue weighted by Gasteiger charge is 1.94. The van der Waals surface area contributed by atoms with E-state index in [1.165, 1.54) is 0 Å². The van der Waals surface area contributed by atoms with Gasteiger partial charge < -0.3 is 0 Å². The van der Waals surface area contributed by atoms with E-state index in [1.807, 2.05) is 6.92 Å². The Morgan fingerprint density at radius 3 is 2.22 bits per heavy atom. The Labute approximate surface area is 55.2 Å². The van der Waals surface area contributed by atoms with Crippen LogP contribution >= 0.6 is 0 Å². The van der Waals surface area contributed by atoms with Gasteiger partial charge in [0.05, 0.1) is 0 Å². The number of carbonyl (C=O) groups excluding carboxylic acids is 1. The van der Waals surface area contributed by atoms with Gasteiger partial charge in [-0.25, -0.2) is 0 Å². The first-order chi connectivity index (χ1) is 4.22. The van der Waals surface area contributed by atoms with Crippen molar-refractivity contribution in [3.8, 4) is 0 Å². The van der Waals surface area contributed by atoms with Crippen LogP contribution in [0.3, 0.4) is 0 Å². The van der Waals surface area contributed by atoms with Crippen molar-refractivity contribution >= 4 is 21.4 Å². The van der Waals surface area contributed by atoms with E-state index in [9.17, 15) is 13.2 Å². The SMILES string of the molecule is CCCC(C=O)=S(=O)=O. The van der Waals surface area contributed by atoms with Crippen LogP contribution in [0.25, 0.3) is 0 Å². The molecule has 0 N–H and O–H groups in total. The number of hydrogen-bond donors (Lipinski definition) is 0.